The Hall–Kier alpha value is -1.48. The number of amides is 1. The third-order valence-electron chi connectivity index (χ3n) is 4.00. The number of hydrogen-bond acceptors (Lipinski definition) is 5. The SMILES string of the molecule is CCN(CC)S(=O)(=O)CCNC(=O)C1CCc2n[nH]nc2C1. The van der Waals surface area contributed by atoms with E-state index in [1.54, 1.807) is 13.8 Å². The predicted molar refractivity (Wildman–Crippen MR) is 81.6 cm³/mol. The molecule has 1 heterocycles. The third kappa shape index (κ3) is 3.83. The van der Waals surface area contributed by atoms with Crippen molar-refractivity contribution >= 4 is 15.9 Å². The van der Waals surface area contributed by atoms with Gasteiger partial charge in [-0.1, -0.05) is 13.8 Å². The van der Waals surface area contributed by atoms with Gasteiger partial charge >= 0.3 is 0 Å². The van der Waals surface area contributed by atoms with Gasteiger partial charge in [0, 0.05) is 32.0 Å². The van der Waals surface area contributed by atoms with Crippen molar-refractivity contribution in [1.82, 2.24) is 25.0 Å². The Kier molecular flexibility index (Phi) is 5.52. The number of aryl methyl sites for hydroxylation is 1. The number of rotatable bonds is 7. The van der Waals surface area contributed by atoms with E-state index in [1.807, 2.05) is 0 Å². The van der Waals surface area contributed by atoms with Crippen LogP contribution in [0.5, 0.6) is 0 Å². The van der Waals surface area contributed by atoms with Crippen LogP contribution >= 0.6 is 0 Å². The number of carbonyl (C=O) groups excluding carboxylic acids is 1. The highest BCUT2D eigenvalue weighted by atomic mass is 32.2. The second kappa shape index (κ2) is 7.19. The van der Waals surface area contributed by atoms with Crippen LogP contribution in [-0.4, -0.2) is 59.4 Å². The Balaban J connectivity index is 1.82. The summed E-state index contributed by atoms with van der Waals surface area (Å²) < 4.78 is 25.5. The highest BCUT2D eigenvalue weighted by Crippen LogP contribution is 2.22. The minimum atomic E-state index is -3.30. The number of fused-ring (bicyclic) bond motifs is 1. The van der Waals surface area contributed by atoms with Crippen LogP contribution in [-0.2, 0) is 27.7 Å². The molecule has 0 fully saturated rings. The van der Waals surface area contributed by atoms with Gasteiger partial charge in [-0.3, -0.25) is 4.79 Å². The van der Waals surface area contributed by atoms with Gasteiger partial charge in [-0.2, -0.15) is 15.4 Å². The van der Waals surface area contributed by atoms with Gasteiger partial charge in [0.15, 0.2) is 0 Å². The van der Waals surface area contributed by atoms with E-state index in [9.17, 15) is 13.2 Å². The number of aromatic amines is 1. The Morgan fingerprint density at radius 1 is 1.32 bits per heavy atom. The summed E-state index contributed by atoms with van der Waals surface area (Å²) in [5.41, 5.74) is 1.76. The smallest absolute Gasteiger partial charge is 0.223 e. The van der Waals surface area contributed by atoms with Crippen LogP contribution in [0.4, 0.5) is 0 Å². The van der Waals surface area contributed by atoms with E-state index >= 15 is 0 Å². The quantitative estimate of drug-likeness (QED) is 0.714. The van der Waals surface area contributed by atoms with Crippen molar-refractivity contribution in [2.45, 2.75) is 33.1 Å². The third-order valence-corrected chi connectivity index (χ3v) is 6.02. The topological polar surface area (TPSA) is 108 Å². The molecule has 0 aliphatic heterocycles. The number of carbonyl (C=O) groups is 1. The van der Waals surface area contributed by atoms with Gasteiger partial charge < -0.3 is 5.32 Å². The standard InChI is InChI=1S/C13H23N5O3S/c1-3-18(4-2)22(20,21)8-7-14-13(19)10-5-6-11-12(9-10)16-17-15-11/h10H,3-9H2,1-2H3,(H,14,19)(H,15,16,17). The molecule has 2 rings (SSSR count). The zero-order valence-electron chi connectivity index (χ0n) is 13.0. The summed E-state index contributed by atoms with van der Waals surface area (Å²) in [5, 5.41) is 13.4. The molecule has 1 atom stereocenters. The number of sulfonamides is 1. The Bertz CT molecular complexity index is 609. The van der Waals surface area contributed by atoms with Gasteiger partial charge in [0.25, 0.3) is 0 Å². The first-order valence-corrected chi connectivity index (χ1v) is 9.22. The normalized spacial score (nSPS) is 18.2. The Labute approximate surface area is 130 Å². The minimum absolute atomic E-state index is 0.0671. The lowest BCUT2D eigenvalue weighted by atomic mass is 9.89. The van der Waals surface area contributed by atoms with Crippen molar-refractivity contribution in [3.05, 3.63) is 11.4 Å². The van der Waals surface area contributed by atoms with Crippen molar-refractivity contribution in [2.75, 3.05) is 25.4 Å². The average molecular weight is 329 g/mol. The summed E-state index contributed by atoms with van der Waals surface area (Å²) in [7, 11) is -3.30. The van der Waals surface area contributed by atoms with Gasteiger partial charge in [0.1, 0.15) is 0 Å². The highest BCUT2D eigenvalue weighted by Gasteiger charge is 2.27. The molecule has 124 valence electrons. The molecule has 1 aromatic heterocycles. The number of nitrogens with one attached hydrogen (secondary N) is 2. The fraction of sp³-hybridized carbons (Fsp3) is 0.769. The maximum Gasteiger partial charge on any atom is 0.223 e. The first kappa shape index (κ1) is 16.9. The van der Waals surface area contributed by atoms with Crippen molar-refractivity contribution in [1.29, 1.82) is 0 Å². The fourth-order valence-corrected chi connectivity index (χ4v) is 4.11. The average Bonchev–Trinajstić information content (AvgIpc) is 2.95. The number of aromatic nitrogens is 3. The second-order valence-electron chi connectivity index (χ2n) is 5.35. The minimum Gasteiger partial charge on any atom is -0.355 e. The largest absolute Gasteiger partial charge is 0.355 e. The van der Waals surface area contributed by atoms with E-state index in [4.69, 9.17) is 0 Å². The van der Waals surface area contributed by atoms with E-state index in [0.29, 0.717) is 25.9 Å². The van der Waals surface area contributed by atoms with Gasteiger partial charge in [-0.05, 0) is 12.8 Å². The van der Waals surface area contributed by atoms with E-state index in [-0.39, 0.29) is 24.1 Å². The predicted octanol–water partition coefficient (Wildman–Crippen LogP) is -0.303. The summed E-state index contributed by atoms with van der Waals surface area (Å²) in [6.07, 6.45) is 2.00. The van der Waals surface area contributed by atoms with Crippen LogP contribution in [0.2, 0.25) is 0 Å². The summed E-state index contributed by atoms with van der Waals surface area (Å²) in [6, 6.07) is 0. The lowest BCUT2D eigenvalue weighted by Crippen LogP contribution is -2.40. The molecule has 1 unspecified atom stereocenters. The molecule has 0 spiro atoms. The highest BCUT2D eigenvalue weighted by molar-refractivity contribution is 7.89. The van der Waals surface area contributed by atoms with Gasteiger partial charge in [0.2, 0.25) is 15.9 Å². The van der Waals surface area contributed by atoms with Crippen LogP contribution in [0.3, 0.4) is 0 Å². The first-order chi connectivity index (χ1) is 10.5. The summed E-state index contributed by atoms with van der Waals surface area (Å²) in [4.78, 5) is 12.1. The maximum absolute atomic E-state index is 12.1. The monoisotopic (exact) mass is 329 g/mol. The van der Waals surface area contributed by atoms with Crippen LogP contribution in [0, 0.1) is 5.92 Å². The lowest BCUT2D eigenvalue weighted by Gasteiger charge is -2.21. The van der Waals surface area contributed by atoms with Gasteiger partial charge in [0.05, 0.1) is 17.1 Å². The number of H-pyrrole nitrogens is 1. The van der Waals surface area contributed by atoms with Crippen molar-refractivity contribution < 1.29 is 13.2 Å². The Morgan fingerprint density at radius 3 is 2.68 bits per heavy atom. The van der Waals surface area contributed by atoms with E-state index in [1.165, 1.54) is 4.31 Å². The summed E-state index contributed by atoms with van der Waals surface area (Å²) in [5.74, 6) is -0.334. The van der Waals surface area contributed by atoms with Crippen LogP contribution in [0.1, 0.15) is 31.7 Å². The van der Waals surface area contributed by atoms with E-state index in [0.717, 1.165) is 17.8 Å². The molecule has 1 aliphatic rings. The molecule has 1 amide bonds. The molecule has 0 aromatic carbocycles. The molecule has 9 heteroatoms. The molecule has 22 heavy (non-hydrogen) atoms. The van der Waals surface area contributed by atoms with E-state index in [2.05, 4.69) is 20.7 Å². The molecule has 0 saturated heterocycles. The number of hydrogen-bond donors (Lipinski definition) is 2. The molecular weight excluding hydrogens is 306 g/mol. The fourth-order valence-electron chi connectivity index (χ4n) is 2.70. The first-order valence-electron chi connectivity index (χ1n) is 7.62. The second-order valence-corrected chi connectivity index (χ2v) is 7.44. The molecule has 1 aliphatic carbocycles. The maximum atomic E-state index is 12.1. The zero-order valence-corrected chi connectivity index (χ0v) is 13.8. The van der Waals surface area contributed by atoms with Crippen molar-refractivity contribution in [2.24, 2.45) is 5.92 Å². The van der Waals surface area contributed by atoms with Crippen LogP contribution < -0.4 is 5.32 Å². The molecule has 2 N–H and O–H groups in total. The Morgan fingerprint density at radius 2 is 2.00 bits per heavy atom. The van der Waals surface area contributed by atoms with E-state index < -0.39 is 10.0 Å². The van der Waals surface area contributed by atoms with Gasteiger partial charge in [-0.15, -0.1) is 0 Å². The van der Waals surface area contributed by atoms with Crippen LogP contribution in [0.25, 0.3) is 0 Å². The van der Waals surface area contributed by atoms with Crippen LogP contribution in [0.15, 0.2) is 0 Å². The van der Waals surface area contributed by atoms with Crippen molar-refractivity contribution in [3.8, 4) is 0 Å². The molecular formula is C13H23N5O3S. The summed E-state index contributed by atoms with van der Waals surface area (Å²) in [6.45, 7) is 4.64. The molecule has 0 radical (unpaired) electrons. The van der Waals surface area contributed by atoms with Crippen molar-refractivity contribution in [3.63, 3.8) is 0 Å². The number of nitrogens with zero attached hydrogens (tertiary/aromatic N) is 3. The molecule has 1 aromatic rings. The zero-order chi connectivity index (χ0) is 16.2. The summed E-state index contributed by atoms with van der Waals surface area (Å²) >= 11 is 0. The lowest BCUT2D eigenvalue weighted by molar-refractivity contribution is -0.125. The molecule has 8 nitrogen and oxygen atoms in total. The molecule has 0 saturated carbocycles. The van der Waals surface area contributed by atoms with Gasteiger partial charge in [-0.25, -0.2) is 12.7 Å². The molecule has 0 bridgehead atoms.